The van der Waals surface area contributed by atoms with E-state index in [4.69, 9.17) is 21.1 Å². The van der Waals surface area contributed by atoms with Gasteiger partial charge in [0.1, 0.15) is 11.3 Å². The molecule has 0 saturated carbocycles. The lowest BCUT2D eigenvalue weighted by Crippen LogP contribution is -2.67. The van der Waals surface area contributed by atoms with Gasteiger partial charge in [-0.3, -0.25) is 9.69 Å². The number of ether oxygens (including phenoxy) is 2. The number of carbonyl (C=O) groups is 1. The molecule has 3 fully saturated rings. The number of hydrogen-bond donors (Lipinski definition) is 1. The molecule has 0 amide bonds. The van der Waals surface area contributed by atoms with Gasteiger partial charge in [0.05, 0.1) is 23.9 Å². The first-order chi connectivity index (χ1) is 19.3. The van der Waals surface area contributed by atoms with Gasteiger partial charge in [-0.25, -0.2) is 25.6 Å². The third-order valence-electron chi connectivity index (χ3n) is 7.62. The fourth-order valence-electron chi connectivity index (χ4n) is 5.51. The molecule has 41 heavy (non-hydrogen) atoms. The van der Waals surface area contributed by atoms with Crippen molar-refractivity contribution < 1.29 is 45.0 Å². The van der Waals surface area contributed by atoms with Crippen molar-refractivity contribution in [3.8, 4) is 11.5 Å². The van der Waals surface area contributed by atoms with Crippen molar-refractivity contribution >= 4 is 37.6 Å². The highest BCUT2D eigenvalue weighted by atomic mass is 35.5. The molecule has 2 bridgehead atoms. The molecule has 2 aromatic rings. The van der Waals surface area contributed by atoms with Crippen LogP contribution < -0.4 is 4.74 Å². The summed E-state index contributed by atoms with van der Waals surface area (Å²) in [6, 6.07) is 5.70. The number of nitrogens with zero attached hydrogens (tertiary/aromatic N) is 3. The van der Waals surface area contributed by atoms with Crippen molar-refractivity contribution in [2.75, 3.05) is 51.7 Å². The average molecular weight is 636 g/mol. The topological polar surface area (TPSA) is 134 Å². The second-order valence-electron chi connectivity index (χ2n) is 10.2. The van der Waals surface area contributed by atoms with E-state index in [1.54, 1.807) is 0 Å². The molecule has 0 aliphatic carbocycles. The van der Waals surface area contributed by atoms with Crippen molar-refractivity contribution in [3.63, 3.8) is 0 Å². The summed E-state index contributed by atoms with van der Waals surface area (Å²) in [4.78, 5) is 13.7. The van der Waals surface area contributed by atoms with Crippen molar-refractivity contribution in [3.05, 3.63) is 53.1 Å². The molecule has 3 heterocycles. The number of fused-ring (bicyclic) bond motifs is 2. The third-order valence-corrected chi connectivity index (χ3v) is 11.6. The van der Waals surface area contributed by atoms with E-state index in [-0.39, 0.29) is 37.4 Å². The van der Waals surface area contributed by atoms with E-state index in [1.165, 1.54) is 24.3 Å². The number of benzene rings is 2. The quantitative estimate of drug-likeness (QED) is 0.441. The number of rotatable bonds is 9. The number of piperazine rings is 1. The number of aliphatic carboxylic acids is 1. The Morgan fingerprint density at radius 3 is 2.34 bits per heavy atom. The third kappa shape index (κ3) is 5.81. The molecular weight excluding hydrogens is 608 g/mol. The summed E-state index contributed by atoms with van der Waals surface area (Å²) < 4.78 is 96.2. The minimum absolute atomic E-state index is 0.0524. The molecule has 0 radical (unpaired) electrons. The van der Waals surface area contributed by atoms with Gasteiger partial charge in [-0.15, -0.1) is 0 Å². The van der Waals surface area contributed by atoms with E-state index in [2.05, 4.69) is 0 Å². The Balaban J connectivity index is 1.40. The fraction of sp³-hybridized carbons (Fsp3) is 0.480. The first-order valence-corrected chi connectivity index (χ1v) is 16.2. The van der Waals surface area contributed by atoms with Gasteiger partial charge >= 0.3 is 5.97 Å². The molecule has 1 N–H and O–H groups in total. The van der Waals surface area contributed by atoms with Gasteiger partial charge in [-0.2, -0.15) is 8.61 Å². The summed E-state index contributed by atoms with van der Waals surface area (Å²) in [5.74, 6) is -5.25. The monoisotopic (exact) mass is 635 g/mol. The highest BCUT2D eigenvalue weighted by Gasteiger charge is 2.62. The van der Waals surface area contributed by atoms with Gasteiger partial charge in [-0.1, -0.05) is 11.6 Å². The van der Waals surface area contributed by atoms with Crippen LogP contribution in [0.15, 0.2) is 41.3 Å². The van der Waals surface area contributed by atoms with Crippen molar-refractivity contribution in [2.45, 2.75) is 29.3 Å². The standard InChI is InChI=1S/C25H28ClF2N3O8S2/c26-17-1-3-19(4-2-17)39-23-21(27)13-20(14-22(23)28)41(36,37)31-18-5-6-25(31,24(32)33)16-30(15-18)40(34,35)12-9-29-7-10-38-11-8-29/h1-4,13-14,18H,5-12,15-16H2,(H,32,33). The highest BCUT2D eigenvalue weighted by Crippen LogP contribution is 2.44. The number of hydrogen-bond acceptors (Lipinski definition) is 8. The summed E-state index contributed by atoms with van der Waals surface area (Å²) in [5, 5.41) is 10.6. The smallest absolute Gasteiger partial charge is 0.326 e. The van der Waals surface area contributed by atoms with Crippen LogP contribution in [0, 0.1) is 11.6 Å². The molecule has 224 valence electrons. The molecule has 3 aliphatic heterocycles. The van der Waals surface area contributed by atoms with Crippen LogP contribution >= 0.6 is 11.6 Å². The van der Waals surface area contributed by atoms with Crippen LogP contribution in [0.2, 0.25) is 5.02 Å². The maximum Gasteiger partial charge on any atom is 0.326 e. The lowest BCUT2D eigenvalue weighted by molar-refractivity contribution is -0.149. The van der Waals surface area contributed by atoms with Gasteiger partial charge in [0.25, 0.3) is 0 Å². The molecular formula is C25H28ClF2N3O8S2. The molecule has 2 aromatic carbocycles. The highest BCUT2D eigenvalue weighted by molar-refractivity contribution is 7.89. The van der Waals surface area contributed by atoms with E-state index in [9.17, 15) is 26.7 Å². The Kier molecular flexibility index (Phi) is 8.33. The molecule has 5 rings (SSSR count). The molecule has 0 aromatic heterocycles. The van der Waals surface area contributed by atoms with Crippen LogP contribution in [-0.2, 0) is 29.6 Å². The zero-order chi connectivity index (χ0) is 29.6. The van der Waals surface area contributed by atoms with E-state index in [0.717, 1.165) is 4.31 Å². The maximum absolute atomic E-state index is 15.0. The van der Waals surface area contributed by atoms with Gasteiger partial charge in [0, 0.05) is 43.8 Å². The molecule has 11 nitrogen and oxygen atoms in total. The van der Waals surface area contributed by atoms with E-state index < -0.39 is 66.4 Å². The molecule has 0 spiro atoms. The molecule has 16 heteroatoms. The zero-order valence-electron chi connectivity index (χ0n) is 21.7. The largest absolute Gasteiger partial charge is 0.480 e. The molecule has 2 unspecified atom stereocenters. The predicted octanol–water partition coefficient (Wildman–Crippen LogP) is 2.36. The summed E-state index contributed by atoms with van der Waals surface area (Å²) in [6.45, 7) is 1.43. The number of carboxylic acids is 1. The zero-order valence-corrected chi connectivity index (χ0v) is 24.1. The first-order valence-electron chi connectivity index (χ1n) is 12.8. The van der Waals surface area contributed by atoms with E-state index in [0.29, 0.717) is 47.8 Å². The minimum atomic E-state index is -4.78. The lowest BCUT2D eigenvalue weighted by atomic mass is 9.98. The van der Waals surface area contributed by atoms with Crippen LogP contribution in [0.25, 0.3) is 0 Å². The molecule has 3 saturated heterocycles. The number of morpholine rings is 1. The van der Waals surface area contributed by atoms with Crippen molar-refractivity contribution in [1.82, 2.24) is 13.5 Å². The van der Waals surface area contributed by atoms with Crippen LogP contribution in [0.1, 0.15) is 12.8 Å². The molecule has 3 aliphatic rings. The Hall–Kier alpha value is -2.40. The SMILES string of the molecule is O=C(O)C12CCC(CN(S(=O)(=O)CCN3CCOCC3)C1)N2S(=O)(=O)c1cc(F)c(Oc2ccc(Cl)cc2)c(F)c1. The number of carboxylic acid groups (broad SMARTS) is 1. The second kappa shape index (κ2) is 11.4. The Morgan fingerprint density at radius 2 is 1.73 bits per heavy atom. The number of sulfonamides is 2. The summed E-state index contributed by atoms with van der Waals surface area (Å²) in [5.41, 5.74) is -2.14. The summed E-state index contributed by atoms with van der Waals surface area (Å²) in [6.07, 6.45) is -0.103. The average Bonchev–Trinajstić information content (AvgIpc) is 3.19. The Labute approximate surface area is 241 Å². The van der Waals surface area contributed by atoms with Crippen molar-refractivity contribution in [2.24, 2.45) is 0 Å². The maximum atomic E-state index is 15.0. The van der Waals surface area contributed by atoms with Gasteiger partial charge in [0.15, 0.2) is 17.4 Å². The Bertz CT molecular complexity index is 1520. The van der Waals surface area contributed by atoms with Gasteiger partial charge < -0.3 is 14.6 Å². The van der Waals surface area contributed by atoms with E-state index >= 15 is 8.78 Å². The Morgan fingerprint density at radius 1 is 1.10 bits per heavy atom. The van der Waals surface area contributed by atoms with Gasteiger partial charge in [0.2, 0.25) is 20.0 Å². The van der Waals surface area contributed by atoms with E-state index in [1.807, 2.05) is 4.90 Å². The lowest BCUT2D eigenvalue weighted by Gasteiger charge is -2.44. The van der Waals surface area contributed by atoms with Crippen LogP contribution in [0.4, 0.5) is 8.78 Å². The van der Waals surface area contributed by atoms with Gasteiger partial charge in [-0.05, 0) is 49.2 Å². The minimum Gasteiger partial charge on any atom is -0.480 e. The number of halogens is 3. The fourth-order valence-corrected chi connectivity index (χ4v) is 9.18. The van der Waals surface area contributed by atoms with Crippen LogP contribution in [-0.4, -0.2) is 105 Å². The predicted molar refractivity (Wildman–Crippen MR) is 143 cm³/mol. The second-order valence-corrected chi connectivity index (χ2v) is 14.5. The van der Waals surface area contributed by atoms with Crippen molar-refractivity contribution in [1.29, 1.82) is 0 Å². The molecule has 2 atom stereocenters. The summed E-state index contributed by atoms with van der Waals surface area (Å²) >= 11 is 5.81. The summed E-state index contributed by atoms with van der Waals surface area (Å²) in [7, 11) is -8.73. The first kappa shape index (κ1) is 30.1. The normalized spacial score (nSPS) is 24.4. The van der Waals surface area contributed by atoms with Crippen LogP contribution in [0.3, 0.4) is 0 Å². The van der Waals surface area contributed by atoms with Crippen LogP contribution in [0.5, 0.6) is 11.5 Å².